The first-order valence-electron chi connectivity index (χ1n) is 6.62. The standard InChI is InChI=1S/C17H20ClN/c1-12-7-6-8-15(13(12)2)11-19-14(3)16-9-4-5-10-17(16)18/h4-10,14,19H,11H2,1-3H3/t14-/m1/s1. The number of hydrogen-bond donors (Lipinski definition) is 1. The van der Waals surface area contributed by atoms with E-state index in [-0.39, 0.29) is 6.04 Å². The van der Waals surface area contributed by atoms with Gasteiger partial charge >= 0.3 is 0 Å². The second-order valence-electron chi connectivity index (χ2n) is 4.98. The molecule has 0 saturated carbocycles. The summed E-state index contributed by atoms with van der Waals surface area (Å²) in [6, 6.07) is 14.7. The van der Waals surface area contributed by atoms with Gasteiger partial charge in [0, 0.05) is 17.6 Å². The Labute approximate surface area is 120 Å². The average molecular weight is 274 g/mol. The molecule has 2 aromatic carbocycles. The minimum Gasteiger partial charge on any atom is -0.306 e. The minimum absolute atomic E-state index is 0.244. The highest BCUT2D eigenvalue weighted by molar-refractivity contribution is 6.31. The van der Waals surface area contributed by atoms with Crippen LogP contribution in [0.25, 0.3) is 0 Å². The maximum atomic E-state index is 6.22. The Hall–Kier alpha value is -1.31. The Morgan fingerprint density at radius 1 is 1.05 bits per heavy atom. The third-order valence-corrected chi connectivity index (χ3v) is 4.03. The van der Waals surface area contributed by atoms with Crippen molar-refractivity contribution in [2.75, 3.05) is 0 Å². The highest BCUT2D eigenvalue weighted by Gasteiger charge is 2.09. The van der Waals surface area contributed by atoms with Gasteiger partial charge in [0.25, 0.3) is 0 Å². The van der Waals surface area contributed by atoms with Crippen molar-refractivity contribution in [1.29, 1.82) is 0 Å². The molecule has 2 rings (SSSR count). The third kappa shape index (κ3) is 3.37. The molecule has 0 aliphatic heterocycles. The largest absolute Gasteiger partial charge is 0.306 e. The van der Waals surface area contributed by atoms with Crippen molar-refractivity contribution in [2.24, 2.45) is 0 Å². The van der Waals surface area contributed by atoms with E-state index in [0.29, 0.717) is 0 Å². The van der Waals surface area contributed by atoms with Gasteiger partial charge in [-0.25, -0.2) is 0 Å². The molecule has 0 heterocycles. The van der Waals surface area contributed by atoms with Gasteiger partial charge in [-0.05, 0) is 49.1 Å². The normalized spacial score (nSPS) is 12.4. The van der Waals surface area contributed by atoms with E-state index in [1.165, 1.54) is 16.7 Å². The predicted molar refractivity (Wildman–Crippen MR) is 82.6 cm³/mol. The number of halogens is 1. The first kappa shape index (κ1) is 14.1. The van der Waals surface area contributed by atoms with E-state index < -0.39 is 0 Å². The van der Waals surface area contributed by atoms with Crippen LogP contribution >= 0.6 is 11.6 Å². The van der Waals surface area contributed by atoms with Crippen LogP contribution in [0.2, 0.25) is 5.02 Å². The molecule has 2 aromatic rings. The second kappa shape index (κ2) is 6.23. The van der Waals surface area contributed by atoms with Crippen LogP contribution in [0.3, 0.4) is 0 Å². The van der Waals surface area contributed by atoms with Gasteiger partial charge in [0.1, 0.15) is 0 Å². The zero-order chi connectivity index (χ0) is 13.8. The fourth-order valence-electron chi connectivity index (χ4n) is 2.20. The first-order valence-corrected chi connectivity index (χ1v) is 7.00. The molecule has 100 valence electrons. The van der Waals surface area contributed by atoms with Gasteiger partial charge in [-0.3, -0.25) is 0 Å². The number of nitrogens with one attached hydrogen (secondary N) is 1. The van der Waals surface area contributed by atoms with E-state index in [4.69, 9.17) is 11.6 Å². The lowest BCUT2D eigenvalue weighted by molar-refractivity contribution is 0.573. The Morgan fingerprint density at radius 2 is 1.79 bits per heavy atom. The molecule has 1 N–H and O–H groups in total. The van der Waals surface area contributed by atoms with Crippen molar-refractivity contribution >= 4 is 11.6 Å². The molecule has 0 amide bonds. The summed E-state index contributed by atoms with van der Waals surface area (Å²) in [5.41, 5.74) is 5.19. The summed E-state index contributed by atoms with van der Waals surface area (Å²) in [5.74, 6) is 0. The van der Waals surface area contributed by atoms with Crippen molar-refractivity contribution in [3.05, 3.63) is 69.7 Å². The van der Waals surface area contributed by atoms with Crippen molar-refractivity contribution in [3.8, 4) is 0 Å². The molecule has 0 saturated heterocycles. The molecule has 0 aliphatic carbocycles. The van der Waals surface area contributed by atoms with Crippen LogP contribution in [0, 0.1) is 13.8 Å². The van der Waals surface area contributed by atoms with Crippen LogP contribution in [-0.2, 0) is 6.54 Å². The fraction of sp³-hybridized carbons (Fsp3) is 0.294. The molecule has 1 nitrogen and oxygen atoms in total. The van der Waals surface area contributed by atoms with Gasteiger partial charge in [0.05, 0.1) is 0 Å². The predicted octanol–water partition coefficient (Wildman–Crippen LogP) is 4.81. The zero-order valence-corrected chi connectivity index (χ0v) is 12.5. The summed E-state index contributed by atoms with van der Waals surface area (Å²) in [6.07, 6.45) is 0. The number of benzene rings is 2. The minimum atomic E-state index is 0.244. The van der Waals surface area contributed by atoms with Gasteiger partial charge in [0.15, 0.2) is 0 Å². The molecule has 0 fully saturated rings. The van der Waals surface area contributed by atoms with Crippen LogP contribution in [0.5, 0.6) is 0 Å². The van der Waals surface area contributed by atoms with Crippen LogP contribution in [0.1, 0.15) is 35.2 Å². The van der Waals surface area contributed by atoms with E-state index >= 15 is 0 Å². The highest BCUT2D eigenvalue weighted by Crippen LogP contribution is 2.23. The Bertz CT molecular complexity index is 563. The van der Waals surface area contributed by atoms with Crippen LogP contribution < -0.4 is 5.32 Å². The molecule has 0 spiro atoms. The Kier molecular flexibility index (Phi) is 4.62. The van der Waals surface area contributed by atoms with Gasteiger partial charge < -0.3 is 5.32 Å². The van der Waals surface area contributed by atoms with Gasteiger partial charge in [-0.2, -0.15) is 0 Å². The lowest BCUT2D eigenvalue weighted by Crippen LogP contribution is -2.19. The molecule has 0 aromatic heterocycles. The summed E-state index contributed by atoms with van der Waals surface area (Å²) in [7, 11) is 0. The highest BCUT2D eigenvalue weighted by atomic mass is 35.5. The molecular weight excluding hydrogens is 254 g/mol. The summed E-state index contributed by atoms with van der Waals surface area (Å²) in [4.78, 5) is 0. The van der Waals surface area contributed by atoms with Crippen molar-refractivity contribution in [3.63, 3.8) is 0 Å². The molecule has 2 heteroatoms. The smallest absolute Gasteiger partial charge is 0.0453 e. The Morgan fingerprint density at radius 3 is 2.53 bits per heavy atom. The van der Waals surface area contributed by atoms with E-state index in [2.05, 4.69) is 50.4 Å². The van der Waals surface area contributed by atoms with E-state index in [9.17, 15) is 0 Å². The molecule has 0 bridgehead atoms. The van der Waals surface area contributed by atoms with Crippen LogP contribution in [-0.4, -0.2) is 0 Å². The summed E-state index contributed by atoms with van der Waals surface area (Å²) in [5, 5.41) is 4.36. The van der Waals surface area contributed by atoms with Crippen molar-refractivity contribution in [2.45, 2.75) is 33.4 Å². The second-order valence-corrected chi connectivity index (χ2v) is 5.39. The lowest BCUT2D eigenvalue weighted by atomic mass is 10.0. The van der Waals surface area contributed by atoms with E-state index in [1.807, 2.05) is 18.2 Å². The quantitative estimate of drug-likeness (QED) is 0.843. The monoisotopic (exact) mass is 273 g/mol. The maximum Gasteiger partial charge on any atom is 0.0453 e. The summed E-state index contributed by atoms with van der Waals surface area (Å²) >= 11 is 6.22. The van der Waals surface area contributed by atoms with E-state index in [1.54, 1.807) is 0 Å². The third-order valence-electron chi connectivity index (χ3n) is 3.69. The zero-order valence-electron chi connectivity index (χ0n) is 11.7. The maximum absolute atomic E-state index is 6.22. The average Bonchev–Trinajstić information content (AvgIpc) is 2.40. The van der Waals surface area contributed by atoms with Crippen LogP contribution in [0.4, 0.5) is 0 Å². The topological polar surface area (TPSA) is 12.0 Å². The molecule has 1 atom stereocenters. The van der Waals surface area contributed by atoms with Crippen LogP contribution in [0.15, 0.2) is 42.5 Å². The molecule has 0 unspecified atom stereocenters. The lowest BCUT2D eigenvalue weighted by Gasteiger charge is -2.17. The number of hydrogen-bond acceptors (Lipinski definition) is 1. The molecule has 0 aliphatic rings. The van der Waals surface area contributed by atoms with Crippen molar-refractivity contribution < 1.29 is 0 Å². The number of aryl methyl sites for hydroxylation is 1. The first-order chi connectivity index (χ1) is 9.09. The SMILES string of the molecule is Cc1cccc(CN[C@H](C)c2ccccc2Cl)c1C. The summed E-state index contributed by atoms with van der Waals surface area (Å²) < 4.78 is 0. The number of rotatable bonds is 4. The van der Waals surface area contributed by atoms with Crippen molar-refractivity contribution in [1.82, 2.24) is 5.32 Å². The molecule has 0 radical (unpaired) electrons. The molecule has 19 heavy (non-hydrogen) atoms. The van der Waals surface area contributed by atoms with Gasteiger partial charge in [-0.1, -0.05) is 48.0 Å². The fourth-order valence-corrected chi connectivity index (χ4v) is 2.50. The van der Waals surface area contributed by atoms with Gasteiger partial charge in [-0.15, -0.1) is 0 Å². The molecular formula is C17H20ClN. The van der Waals surface area contributed by atoms with Gasteiger partial charge in [0.2, 0.25) is 0 Å². The Balaban J connectivity index is 2.07. The van der Waals surface area contributed by atoms with E-state index in [0.717, 1.165) is 17.1 Å². The summed E-state index contributed by atoms with van der Waals surface area (Å²) in [6.45, 7) is 7.33.